The topological polar surface area (TPSA) is 63.3 Å². The first-order chi connectivity index (χ1) is 4.54. The Kier molecular flexibility index (Phi) is 0.844. The second kappa shape index (κ2) is 1.37. The van der Waals surface area contributed by atoms with Crippen LogP contribution in [0.1, 0.15) is 25.7 Å². The SMILES string of the molecule is NC12CC(CC(=O)O)(C1)C2. The van der Waals surface area contributed by atoms with Crippen LogP contribution < -0.4 is 5.73 Å². The van der Waals surface area contributed by atoms with E-state index in [4.69, 9.17) is 10.8 Å². The van der Waals surface area contributed by atoms with Gasteiger partial charge in [0.2, 0.25) is 0 Å². The highest BCUT2D eigenvalue weighted by Crippen LogP contribution is 2.67. The predicted octanol–water partition coefficient (Wildman–Crippen LogP) is 0.342. The highest BCUT2D eigenvalue weighted by molar-refractivity contribution is 5.68. The van der Waals surface area contributed by atoms with Crippen molar-refractivity contribution < 1.29 is 9.90 Å². The van der Waals surface area contributed by atoms with E-state index in [2.05, 4.69) is 0 Å². The average Bonchev–Trinajstić information content (AvgIpc) is 1.56. The van der Waals surface area contributed by atoms with Crippen LogP contribution in [0.15, 0.2) is 0 Å². The van der Waals surface area contributed by atoms with E-state index in [-0.39, 0.29) is 11.0 Å². The largest absolute Gasteiger partial charge is 0.481 e. The highest BCUT2D eigenvalue weighted by Gasteiger charge is 2.66. The molecule has 3 nitrogen and oxygen atoms in total. The number of nitrogens with two attached hydrogens (primary N) is 1. The lowest BCUT2D eigenvalue weighted by atomic mass is 9.39. The summed E-state index contributed by atoms with van der Waals surface area (Å²) in [6, 6.07) is 0. The van der Waals surface area contributed by atoms with Crippen LogP contribution in [0.25, 0.3) is 0 Å². The quantitative estimate of drug-likeness (QED) is 0.583. The van der Waals surface area contributed by atoms with Crippen molar-refractivity contribution in [2.45, 2.75) is 31.2 Å². The fraction of sp³-hybridized carbons (Fsp3) is 0.857. The zero-order valence-corrected chi connectivity index (χ0v) is 5.76. The van der Waals surface area contributed by atoms with E-state index in [1.165, 1.54) is 0 Å². The molecule has 0 heterocycles. The molecule has 3 heteroatoms. The summed E-state index contributed by atoms with van der Waals surface area (Å²) in [6.07, 6.45) is 3.14. The number of hydrogen-bond acceptors (Lipinski definition) is 2. The fourth-order valence-electron chi connectivity index (χ4n) is 2.59. The normalized spacial score (nSPS) is 49.3. The maximum atomic E-state index is 10.3. The number of carboxylic acid groups (broad SMARTS) is 1. The predicted molar refractivity (Wildman–Crippen MR) is 35.5 cm³/mol. The van der Waals surface area contributed by atoms with E-state index in [1.807, 2.05) is 0 Å². The number of hydrogen-bond donors (Lipinski definition) is 2. The molecule has 3 aliphatic rings. The summed E-state index contributed by atoms with van der Waals surface area (Å²) in [5.74, 6) is -0.679. The summed E-state index contributed by atoms with van der Waals surface area (Å²) in [5, 5.41) is 8.48. The van der Waals surface area contributed by atoms with E-state index in [0.717, 1.165) is 19.3 Å². The molecule has 3 N–H and O–H groups in total. The van der Waals surface area contributed by atoms with Gasteiger partial charge in [0, 0.05) is 5.54 Å². The second-order valence-corrected chi connectivity index (χ2v) is 3.96. The lowest BCUT2D eigenvalue weighted by Gasteiger charge is -2.68. The zero-order chi connectivity index (χ0) is 7.41. The molecule has 0 aromatic carbocycles. The zero-order valence-electron chi connectivity index (χ0n) is 5.76. The van der Waals surface area contributed by atoms with Crippen molar-refractivity contribution in [2.24, 2.45) is 11.1 Å². The van der Waals surface area contributed by atoms with Crippen LogP contribution in [0.4, 0.5) is 0 Å². The molecule has 3 fully saturated rings. The Labute approximate surface area is 59.2 Å². The smallest absolute Gasteiger partial charge is 0.303 e. The third kappa shape index (κ3) is 0.611. The Morgan fingerprint density at radius 2 is 2.00 bits per heavy atom. The summed E-state index contributed by atoms with van der Waals surface area (Å²) in [4.78, 5) is 10.3. The van der Waals surface area contributed by atoms with Crippen molar-refractivity contribution >= 4 is 5.97 Å². The summed E-state index contributed by atoms with van der Waals surface area (Å²) in [7, 11) is 0. The molecular formula is C7H11NO2. The molecule has 0 aromatic heterocycles. The van der Waals surface area contributed by atoms with Gasteiger partial charge in [0.05, 0.1) is 6.42 Å². The van der Waals surface area contributed by atoms with E-state index < -0.39 is 5.97 Å². The van der Waals surface area contributed by atoms with Gasteiger partial charge in [0.1, 0.15) is 0 Å². The number of carbonyl (C=O) groups is 1. The van der Waals surface area contributed by atoms with Gasteiger partial charge < -0.3 is 10.8 Å². The van der Waals surface area contributed by atoms with Crippen LogP contribution in [0.3, 0.4) is 0 Å². The first-order valence-corrected chi connectivity index (χ1v) is 3.54. The van der Waals surface area contributed by atoms with Crippen molar-refractivity contribution in [1.82, 2.24) is 0 Å². The van der Waals surface area contributed by atoms with Gasteiger partial charge in [-0.25, -0.2) is 0 Å². The number of carboxylic acids is 1. The van der Waals surface area contributed by atoms with Crippen LogP contribution in [-0.4, -0.2) is 16.6 Å². The molecule has 3 aliphatic carbocycles. The monoisotopic (exact) mass is 141 g/mol. The highest BCUT2D eigenvalue weighted by atomic mass is 16.4. The van der Waals surface area contributed by atoms with Gasteiger partial charge in [-0.15, -0.1) is 0 Å². The number of aliphatic carboxylic acids is 1. The average molecular weight is 141 g/mol. The van der Waals surface area contributed by atoms with Gasteiger partial charge in [0.15, 0.2) is 0 Å². The molecule has 0 atom stereocenters. The molecule has 3 rings (SSSR count). The van der Waals surface area contributed by atoms with Crippen molar-refractivity contribution in [2.75, 3.05) is 0 Å². The molecule has 0 amide bonds. The number of rotatable bonds is 2. The van der Waals surface area contributed by atoms with Gasteiger partial charge in [-0.1, -0.05) is 0 Å². The molecule has 56 valence electrons. The van der Waals surface area contributed by atoms with E-state index in [9.17, 15) is 4.79 Å². The van der Waals surface area contributed by atoms with Crippen LogP contribution in [0, 0.1) is 5.41 Å². The first-order valence-electron chi connectivity index (χ1n) is 3.54. The fourth-order valence-corrected chi connectivity index (χ4v) is 2.59. The first kappa shape index (κ1) is 6.16. The molecule has 3 saturated carbocycles. The van der Waals surface area contributed by atoms with Crippen LogP contribution in [0.5, 0.6) is 0 Å². The van der Waals surface area contributed by atoms with E-state index in [1.54, 1.807) is 0 Å². The molecule has 0 aliphatic heterocycles. The van der Waals surface area contributed by atoms with Crippen molar-refractivity contribution in [1.29, 1.82) is 0 Å². The Hall–Kier alpha value is -0.570. The Bertz CT molecular complexity index is 180. The van der Waals surface area contributed by atoms with Gasteiger partial charge in [0.25, 0.3) is 0 Å². The maximum absolute atomic E-state index is 10.3. The molecule has 0 spiro atoms. The van der Waals surface area contributed by atoms with Crippen LogP contribution in [-0.2, 0) is 4.79 Å². The lowest BCUT2D eigenvalue weighted by Crippen LogP contribution is -2.72. The molecule has 0 saturated heterocycles. The second-order valence-electron chi connectivity index (χ2n) is 3.96. The van der Waals surface area contributed by atoms with Gasteiger partial charge in [-0.05, 0) is 24.7 Å². The van der Waals surface area contributed by atoms with Crippen molar-refractivity contribution in [3.05, 3.63) is 0 Å². The minimum atomic E-state index is -0.679. The van der Waals surface area contributed by atoms with Crippen molar-refractivity contribution in [3.8, 4) is 0 Å². The summed E-state index contributed by atoms with van der Waals surface area (Å²) < 4.78 is 0. The molecule has 0 unspecified atom stereocenters. The van der Waals surface area contributed by atoms with E-state index in [0.29, 0.717) is 6.42 Å². The summed E-state index contributed by atoms with van der Waals surface area (Å²) >= 11 is 0. The maximum Gasteiger partial charge on any atom is 0.303 e. The molecular weight excluding hydrogens is 130 g/mol. The molecule has 0 radical (unpaired) electrons. The minimum absolute atomic E-state index is 0.0510. The van der Waals surface area contributed by atoms with Gasteiger partial charge in [-0.2, -0.15) is 0 Å². The van der Waals surface area contributed by atoms with E-state index >= 15 is 0 Å². The molecule has 10 heavy (non-hydrogen) atoms. The minimum Gasteiger partial charge on any atom is -0.481 e. The van der Waals surface area contributed by atoms with Crippen LogP contribution in [0.2, 0.25) is 0 Å². The molecule has 2 bridgehead atoms. The van der Waals surface area contributed by atoms with Crippen LogP contribution >= 0.6 is 0 Å². The van der Waals surface area contributed by atoms with Crippen molar-refractivity contribution in [3.63, 3.8) is 0 Å². The summed E-state index contributed by atoms with van der Waals surface area (Å²) in [6.45, 7) is 0. The Morgan fingerprint density at radius 3 is 2.30 bits per heavy atom. The standard InChI is InChI=1S/C7H11NO2/c8-7-2-6(3-7,4-7)1-5(9)10/h1-4,8H2,(H,9,10). The molecule has 0 aromatic rings. The van der Waals surface area contributed by atoms with Gasteiger partial charge >= 0.3 is 5.97 Å². The lowest BCUT2D eigenvalue weighted by molar-refractivity contribution is -0.165. The third-order valence-corrected chi connectivity index (χ3v) is 2.71. The summed E-state index contributed by atoms with van der Waals surface area (Å²) in [5.41, 5.74) is 5.93. The third-order valence-electron chi connectivity index (χ3n) is 2.71. The Balaban J connectivity index is 1.93. The van der Waals surface area contributed by atoms with Gasteiger partial charge in [-0.3, -0.25) is 4.79 Å². The Morgan fingerprint density at radius 1 is 1.50 bits per heavy atom.